The highest BCUT2D eigenvalue weighted by molar-refractivity contribution is 6.42. The summed E-state index contributed by atoms with van der Waals surface area (Å²) in [5.41, 5.74) is 4.64. The van der Waals surface area contributed by atoms with Gasteiger partial charge in [0.15, 0.2) is 11.5 Å². The predicted molar refractivity (Wildman–Crippen MR) is 120 cm³/mol. The summed E-state index contributed by atoms with van der Waals surface area (Å²) in [6.45, 7) is 2.84. The molecule has 0 aliphatic rings. The van der Waals surface area contributed by atoms with E-state index >= 15 is 0 Å². The number of rotatable bonds is 8. The van der Waals surface area contributed by atoms with Crippen molar-refractivity contribution < 1.29 is 14.3 Å². The van der Waals surface area contributed by atoms with Gasteiger partial charge >= 0.3 is 0 Å². The van der Waals surface area contributed by atoms with Gasteiger partial charge in [-0.25, -0.2) is 5.43 Å². The van der Waals surface area contributed by atoms with E-state index < -0.39 is 5.91 Å². The number of ether oxygens (including phenoxy) is 2. The maximum atomic E-state index is 12.2. The standard InChI is InChI=1S/C23H20Cl2N2O3/c1-2-29-22-12-17(8-11-21(22)30-15-16-6-4-3-5-7-16)14-26-27-23(28)18-9-10-19(24)20(25)13-18/h3-14H,2,15H2,1H3,(H,27,28)/b26-14-. The first-order valence-corrected chi connectivity index (χ1v) is 10.0. The topological polar surface area (TPSA) is 59.9 Å². The van der Waals surface area contributed by atoms with Gasteiger partial charge in [-0.3, -0.25) is 4.79 Å². The molecular weight excluding hydrogens is 423 g/mol. The quantitative estimate of drug-likeness (QED) is 0.357. The molecule has 30 heavy (non-hydrogen) atoms. The summed E-state index contributed by atoms with van der Waals surface area (Å²) in [6, 6.07) is 20.0. The van der Waals surface area contributed by atoms with Crippen LogP contribution in [0.2, 0.25) is 10.0 Å². The lowest BCUT2D eigenvalue weighted by Crippen LogP contribution is -2.17. The van der Waals surface area contributed by atoms with Crippen LogP contribution in [0.15, 0.2) is 71.8 Å². The average molecular weight is 443 g/mol. The molecule has 7 heteroatoms. The zero-order valence-electron chi connectivity index (χ0n) is 16.3. The molecule has 3 aromatic carbocycles. The van der Waals surface area contributed by atoms with Crippen molar-refractivity contribution in [3.05, 3.63) is 93.5 Å². The smallest absolute Gasteiger partial charge is 0.271 e. The lowest BCUT2D eigenvalue weighted by atomic mass is 10.2. The molecule has 0 spiro atoms. The Morgan fingerprint density at radius 2 is 1.77 bits per heavy atom. The zero-order chi connectivity index (χ0) is 21.3. The molecule has 0 unspecified atom stereocenters. The van der Waals surface area contributed by atoms with Crippen molar-refractivity contribution in [3.63, 3.8) is 0 Å². The molecule has 3 aromatic rings. The van der Waals surface area contributed by atoms with E-state index in [0.29, 0.717) is 40.3 Å². The van der Waals surface area contributed by atoms with Crippen LogP contribution in [0.5, 0.6) is 11.5 Å². The summed E-state index contributed by atoms with van der Waals surface area (Å²) in [4.78, 5) is 12.2. The molecule has 5 nitrogen and oxygen atoms in total. The normalized spacial score (nSPS) is 10.8. The molecule has 0 aromatic heterocycles. The molecule has 154 valence electrons. The fraction of sp³-hybridized carbons (Fsp3) is 0.130. The molecule has 3 rings (SSSR count). The molecule has 1 amide bonds. The van der Waals surface area contributed by atoms with E-state index in [0.717, 1.165) is 11.1 Å². The van der Waals surface area contributed by atoms with Crippen molar-refractivity contribution in [1.82, 2.24) is 5.43 Å². The first-order valence-electron chi connectivity index (χ1n) is 9.29. The van der Waals surface area contributed by atoms with E-state index in [2.05, 4.69) is 10.5 Å². The van der Waals surface area contributed by atoms with Crippen LogP contribution in [0.3, 0.4) is 0 Å². The maximum Gasteiger partial charge on any atom is 0.271 e. The van der Waals surface area contributed by atoms with Gasteiger partial charge in [-0.1, -0.05) is 53.5 Å². The number of hydrogen-bond donors (Lipinski definition) is 1. The number of halogens is 2. The van der Waals surface area contributed by atoms with E-state index in [-0.39, 0.29) is 0 Å². The number of nitrogens with zero attached hydrogens (tertiary/aromatic N) is 1. The highest BCUT2D eigenvalue weighted by atomic mass is 35.5. The summed E-state index contributed by atoms with van der Waals surface area (Å²) in [7, 11) is 0. The first-order chi connectivity index (χ1) is 14.6. The third kappa shape index (κ3) is 5.99. The predicted octanol–water partition coefficient (Wildman–Crippen LogP) is 5.74. The minimum Gasteiger partial charge on any atom is -0.490 e. The Hall–Kier alpha value is -3.02. The Bertz CT molecular complexity index is 1040. The van der Waals surface area contributed by atoms with Gasteiger partial charge in [-0.2, -0.15) is 5.10 Å². The van der Waals surface area contributed by atoms with Crippen molar-refractivity contribution in [3.8, 4) is 11.5 Å². The molecule has 0 heterocycles. The van der Waals surface area contributed by atoms with Crippen LogP contribution in [0.4, 0.5) is 0 Å². The maximum absolute atomic E-state index is 12.2. The number of nitrogens with one attached hydrogen (secondary N) is 1. The summed E-state index contributed by atoms with van der Waals surface area (Å²) < 4.78 is 11.6. The monoisotopic (exact) mass is 442 g/mol. The fourth-order valence-electron chi connectivity index (χ4n) is 2.60. The molecule has 0 saturated heterocycles. The number of hydrogen-bond acceptors (Lipinski definition) is 4. The van der Waals surface area contributed by atoms with E-state index in [1.54, 1.807) is 18.2 Å². The Morgan fingerprint density at radius 3 is 2.50 bits per heavy atom. The van der Waals surface area contributed by atoms with Crippen LogP contribution in [0.25, 0.3) is 0 Å². The second kappa shape index (κ2) is 10.7. The van der Waals surface area contributed by atoms with E-state index in [1.165, 1.54) is 12.3 Å². The molecule has 1 N–H and O–H groups in total. The van der Waals surface area contributed by atoms with Gasteiger partial charge in [0.2, 0.25) is 0 Å². The lowest BCUT2D eigenvalue weighted by molar-refractivity contribution is 0.0955. The molecule has 0 aliphatic heterocycles. The molecule has 0 saturated carbocycles. The number of carbonyl (C=O) groups excluding carboxylic acids is 1. The minimum atomic E-state index is -0.391. The Labute approximate surface area is 185 Å². The fourth-order valence-corrected chi connectivity index (χ4v) is 2.89. The van der Waals surface area contributed by atoms with E-state index in [1.807, 2.05) is 49.4 Å². The van der Waals surface area contributed by atoms with E-state index in [4.69, 9.17) is 32.7 Å². The number of hydrazone groups is 1. The van der Waals surface area contributed by atoms with Gasteiger partial charge in [0.1, 0.15) is 6.61 Å². The van der Waals surface area contributed by atoms with Crippen LogP contribution < -0.4 is 14.9 Å². The van der Waals surface area contributed by atoms with Crippen molar-refractivity contribution in [2.45, 2.75) is 13.5 Å². The number of amides is 1. The molecule has 0 atom stereocenters. The largest absolute Gasteiger partial charge is 0.490 e. The third-order valence-corrected chi connectivity index (χ3v) is 4.81. The van der Waals surface area contributed by atoms with Crippen LogP contribution >= 0.6 is 23.2 Å². The second-order valence-corrected chi connectivity index (χ2v) is 7.06. The van der Waals surface area contributed by atoms with E-state index in [9.17, 15) is 4.79 Å². The number of carbonyl (C=O) groups is 1. The first kappa shape index (κ1) is 21.7. The third-order valence-electron chi connectivity index (χ3n) is 4.07. The summed E-state index contributed by atoms with van der Waals surface area (Å²) in [6.07, 6.45) is 1.53. The molecule has 0 radical (unpaired) electrons. The Morgan fingerprint density at radius 1 is 0.967 bits per heavy atom. The summed E-state index contributed by atoms with van der Waals surface area (Å²) in [5.74, 6) is 0.851. The van der Waals surface area contributed by atoms with Crippen LogP contribution in [-0.2, 0) is 6.61 Å². The van der Waals surface area contributed by atoms with Gasteiger partial charge in [-0.05, 0) is 54.4 Å². The van der Waals surface area contributed by atoms with Crippen molar-refractivity contribution >= 4 is 35.3 Å². The highest BCUT2D eigenvalue weighted by Gasteiger charge is 2.08. The van der Waals surface area contributed by atoms with Crippen molar-refractivity contribution in [2.24, 2.45) is 5.10 Å². The summed E-state index contributed by atoms with van der Waals surface area (Å²) >= 11 is 11.8. The van der Waals surface area contributed by atoms with Crippen molar-refractivity contribution in [2.75, 3.05) is 6.61 Å². The molecule has 0 aliphatic carbocycles. The average Bonchev–Trinajstić information content (AvgIpc) is 2.76. The minimum absolute atomic E-state index is 0.306. The zero-order valence-corrected chi connectivity index (χ0v) is 17.8. The molecule has 0 bridgehead atoms. The Balaban J connectivity index is 1.65. The summed E-state index contributed by atoms with van der Waals surface area (Å²) in [5, 5.41) is 4.69. The van der Waals surface area contributed by atoms with Crippen LogP contribution in [0.1, 0.15) is 28.4 Å². The Kier molecular flexibility index (Phi) is 7.71. The van der Waals surface area contributed by atoms with Crippen molar-refractivity contribution in [1.29, 1.82) is 0 Å². The van der Waals surface area contributed by atoms with Crippen LogP contribution in [0, 0.1) is 0 Å². The van der Waals surface area contributed by atoms with Gasteiger partial charge in [0, 0.05) is 5.56 Å². The SMILES string of the molecule is CCOc1cc(/C=N\NC(=O)c2ccc(Cl)c(Cl)c2)ccc1OCc1ccccc1. The highest BCUT2D eigenvalue weighted by Crippen LogP contribution is 2.29. The lowest BCUT2D eigenvalue weighted by Gasteiger charge is -2.12. The van der Waals surface area contributed by atoms with Crippen LogP contribution in [-0.4, -0.2) is 18.7 Å². The number of benzene rings is 3. The molecule has 0 fully saturated rings. The van der Waals surface area contributed by atoms with Gasteiger partial charge in [-0.15, -0.1) is 0 Å². The second-order valence-electron chi connectivity index (χ2n) is 6.24. The molecular formula is C23H20Cl2N2O3. The van der Waals surface area contributed by atoms with Gasteiger partial charge in [0.05, 0.1) is 22.9 Å². The van der Waals surface area contributed by atoms with Gasteiger partial charge < -0.3 is 9.47 Å². The van der Waals surface area contributed by atoms with Gasteiger partial charge in [0.25, 0.3) is 5.91 Å².